The van der Waals surface area contributed by atoms with Gasteiger partial charge in [-0.25, -0.2) is 4.68 Å². The van der Waals surface area contributed by atoms with Crippen molar-refractivity contribution in [2.75, 3.05) is 6.54 Å². The topological polar surface area (TPSA) is 43.1 Å². The van der Waals surface area contributed by atoms with Crippen LogP contribution in [0.4, 0.5) is 0 Å². The molecule has 128 valence electrons. The number of benzene rings is 1. The van der Waals surface area contributed by atoms with Gasteiger partial charge in [0, 0.05) is 25.0 Å². The van der Waals surface area contributed by atoms with Crippen LogP contribution in [0.1, 0.15) is 40.3 Å². The molecule has 1 unspecified atom stereocenters. The Balaban J connectivity index is 1.67. The molecule has 0 saturated heterocycles. The standard InChI is InChI=1S/C20H22N4O/c1-14-7-4-5-8-18(14)24-15(2)17(13-21-24)20(25)23-12-11-22-10-6-9-19(22)16(23)3/h4-10,13,16H,11-12H2,1-3H3. The lowest BCUT2D eigenvalue weighted by Gasteiger charge is -2.34. The van der Waals surface area contributed by atoms with Crippen LogP contribution in [0.25, 0.3) is 5.69 Å². The third-order valence-electron chi connectivity index (χ3n) is 5.19. The quantitative estimate of drug-likeness (QED) is 0.720. The molecule has 1 aromatic carbocycles. The van der Waals surface area contributed by atoms with Crippen LogP contribution in [0.2, 0.25) is 0 Å². The molecular weight excluding hydrogens is 312 g/mol. The number of carbonyl (C=O) groups excluding carboxylic acids is 1. The average Bonchev–Trinajstić information content (AvgIpc) is 3.22. The summed E-state index contributed by atoms with van der Waals surface area (Å²) in [6.07, 6.45) is 3.78. The van der Waals surface area contributed by atoms with Gasteiger partial charge in [-0.1, -0.05) is 18.2 Å². The van der Waals surface area contributed by atoms with E-state index in [1.165, 1.54) is 5.69 Å². The van der Waals surface area contributed by atoms with Crippen molar-refractivity contribution in [3.63, 3.8) is 0 Å². The SMILES string of the molecule is Cc1ccccc1-n1ncc(C(=O)N2CCn3cccc3C2C)c1C. The van der Waals surface area contributed by atoms with E-state index in [0.29, 0.717) is 5.56 Å². The van der Waals surface area contributed by atoms with E-state index in [9.17, 15) is 4.79 Å². The zero-order valence-corrected chi connectivity index (χ0v) is 14.8. The molecule has 0 radical (unpaired) electrons. The number of para-hydroxylation sites is 1. The number of carbonyl (C=O) groups is 1. The van der Waals surface area contributed by atoms with Gasteiger partial charge in [-0.15, -0.1) is 0 Å². The van der Waals surface area contributed by atoms with Crippen LogP contribution in [0.5, 0.6) is 0 Å². The average molecular weight is 334 g/mol. The van der Waals surface area contributed by atoms with Crippen molar-refractivity contribution in [2.45, 2.75) is 33.4 Å². The molecule has 3 aromatic rings. The van der Waals surface area contributed by atoms with Gasteiger partial charge in [0.2, 0.25) is 0 Å². The Morgan fingerprint density at radius 3 is 2.72 bits per heavy atom. The molecule has 25 heavy (non-hydrogen) atoms. The number of fused-ring (bicyclic) bond motifs is 1. The normalized spacial score (nSPS) is 16.8. The highest BCUT2D eigenvalue weighted by Crippen LogP contribution is 2.28. The zero-order chi connectivity index (χ0) is 17.6. The van der Waals surface area contributed by atoms with E-state index in [1.807, 2.05) is 40.8 Å². The summed E-state index contributed by atoms with van der Waals surface area (Å²) in [7, 11) is 0. The zero-order valence-electron chi connectivity index (χ0n) is 14.8. The summed E-state index contributed by atoms with van der Waals surface area (Å²) in [5.74, 6) is 0.0530. The maximum Gasteiger partial charge on any atom is 0.257 e. The van der Waals surface area contributed by atoms with Crippen molar-refractivity contribution >= 4 is 5.91 Å². The first-order chi connectivity index (χ1) is 12.1. The fourth-order valence-corrected chi connectivity index (χ4v) is 3.67. The van der Waals surface area contributed by atoms with Crippen LogP contribution in [-0.2, 0) is 6.54 Å². The van der Waals surface area contributed by atoms with Gasteiger partial charge >= 0.3 is 0 Å². The number of nitrogens with zero attached hydrogens (tertiary/aromatic N) is 4. The summed E-state index contributed by atoms with van der Waals surface area (Å²) in [5.41, 5.74) is 4.89. The molecule has 5 nitrogen and oxygen atoms in total. The number of amides is 1. The number of hydrogen-bond donors (Lipinski definition) is 0. The molecule has 0 aliphatic carbocycles. The predicted octanol–water partition coefficient (Wildman–Crippen LogP) is 3.51. The predicted molar refractivity (Wildman–Crippen MR) is 96.9 cm³/mol. The molecule has 0 fully saturated rings. The largest absolute Gasteiger partial charge is 0.348 e. The van der Waals surface area contributed by atoms with Crippen LogP contribution in [0.15, 0.2) is 48.8 Å². The van der Waals surface area contributed by atoms with Crippen LogP contribution in [0.3, 0.4) is 0 Å². The van der Waals surface area contributed by atoms with E-state index < -0.39 is 0 Å². The molecule has 3 heterocycles. The number of rotatable bonds is 2. The second-order valence-electron chi connectivity index (χ2n) is 6.64. The Bertz CT molecular complexity index is 937. The second kappa shape index (κ2) is 5.92. The molecular formula is C20H22N4O. The van der Waals surface area contributed by atoms with Crippen LogP contribution in [0, 0.1) is 13.8 Å². The molecule has 5 heteroatoms. The molecule has 0 bridgehead atoms. The summed E-state index contributed by atoms with van der Waals surface area (Å²) in [4.78, 5) is 15.1. The third-order valence-corrected chi connectivity index (χ3v) is 5.19. The van der Waals surface area contributed by atoms with Gasteiger partial charge in [0.25, 0.3) is 5.91 Å². The van der Waals surface area contributed by atoms with E-state index in [-0.39, 0.29) is 11.9 Å². The van der Waals surface area contributed by atoms with Crippen molar-refractivity contribution in [1.82, 2.24) is 19.2 Å². The number of aryl methyl sites for hydroxylation is 1. The van der Waals surface area contributed by atoms with Crippen molar-refractivity contribution < 1.29 is 4.79 Å². The van der Waals surface area contributed by atoms with Gasteiger partial charge in [0.15, 0.2) is 0 Å². The first kappa shape index (κ1) is 15.7. The summed E-state index contributed by atoms with van der Waals surface area (Å²) >= 11 is 0. The van der Waals surface area contributed by atoms with E-state index in [0.717, 1.165) is 30.0 Å². The Kier molecular flexibility index (Phi) is 3.71. The maximum atomic E-state index is 13.2. The van der Waals surface area contributed by atoms with Crippen molar-refractivity contribution in [2.24, 2.45) is 0 Å². The maximum absolute atomic E-state index is 13.2. The van der Waals surface area contributed by atoms with Crippen molar-refractivity contribution in [1.29, 1.82) is 0 Å². The number of aromatic nitrogens is 3. The lowest BCUT2D eigenvalue weighted by atomic mass is 10.1. The highest BCUT2D eigenvalue weighted by Gasteiger charge is 2.30. The van der Waals surface area contributed by atoms with Crippen LogP contribution in [-0.4, -0.2) is 31.7 Å². The summed E-state index contributed by atoms with van der Waals surface area (Å²) in [5, 5.41) is 4.49. The first-order valence-corrected chi connectivity index (χ1v) is 8.64. The molecule has 0 spiro atoms. The lowest BCUT2D eigenvalue weighted by molar-refractivity contribution is 0.0643. The lowest BCUT2D eigenvalue weighted by Crippen LogP contribution is -2.40. The summed E-state index contributed by atoms with van der Waals surface area (Å²) < 4.78 is 4.08. The van der Waals surface area contributed by atoms with Gasteiger partial charge in [0.1, 0.15) is 0 Å². The Morgan fingerprint density at radius 1 is 1.12 bits per heavy atom. The van der Waals surface area contributed by atoms with Crippen molar-refractivity contribution in [3.8, 4) is 5.69 Å². The van der Waals surface area contributed by atoms with Gasteiger partial charge in [-0.05, 0) is 44.5 Å². The van der Waals surface area contributed by atoms with Crippen molar-refractivity contribution in [3.05, 3.63) is 71.3 Å². The highest BCUT2D eigenvalue weighted by molar-refractivity contribution is 5.95. The van der Waals surface area contributed by atoms with Gasteiger partial charge in [-0.2, -0.15) is 5.10 Å². The van der Waals surface area contributed by atoms with Crippen LogP contribution >= 0.6 is 0 Å². The fourth-order valence-electron chi connectivity index (χ4n) is 3.67. The minimum Gasteiger partial charge on any atom is -0.348 e. The minimum atomic E-state index is 0.0530. The molecule has 1 atom stereocenters. The minimum absolute atomic E-state index is 0.0530. The fraction of sp³-hybridized carbons (Fsp3) is 0.300. The smallest absolute Gasteiger partial charge is 0.257 e. The Hall–Kier alpha value is -2.82. The molecule has 0 N–H and O–H groups in total. The summed E-state index contributed by atoms with van der Waals surface area (Å²) in [6, 6.07) is 12.3. The Morgan fingerprint density at radius 2 is 1.92 bits per heavy atom. The summed E-state index contributed by atoms with van der Waals surface area (Å²) in [6.45, 7) is 7.66. The molecule has 4 rings (SSSR count). The molecule has 1 aliphatic heterocycles. The Labute approximate surface area is 147 Å². The van der Waals surface area contributed by atoms with Gasteiger partial charge in [0.05, 0.1) is 29.2 Å². The van der Waals surface area contributed by atoms with E-state index in [2.05, 4.69) is 41.8 Å². The van der Waals surface area contributed by atoms with E-state index in [1.54, 1.807) is 6.20 Å². The van der Waals surface area contributed by atoms with Crippen LogP contribution < -0.4 is 0 Å². The molecule has 1 amide bonds. The third kappa shape index (κ3) is 2.47. The first-order valence-electron chi connectivity index (χ1n) is 8.64. The van der Waals surface area contributed by atoms with Gasteiger partial charge in [-0.3, -0.25) is 4.79 Å². The van der Waals surface area contributed by atoms with Gasteiger partial charge < -0.3 is 9.47 Å². The molecule has 0 saturated carbocycles. The molecule has 1 aliphatic rings. The van der Waals surface area contributed by atoms with E-state index in [4.69, 9.17) is 0 Å². The monoisotopic (exact) mass is 334 g/mol. The van der Waals surface area contributed by atoms with E-state index >= 15 is 0 Å². The highest BCUT2D eigenvalue weighted by atomic mass is 16.2. The number of hydrogen-bond acceptors (Lipinski definition) is 2. The second-order valence-corrected chi connectivity index (χ2v) is 6.64. The molecule has 2 aromatic heterocycles.